The highest BCUT2D eigenvalue weighted by Gasteiger charge is 2.42. The van der Waals surface area contributed by atoms with Crippen molar-refractivity contribution in [3.8, 4) is 0 Å². The monoisotopic (exact) mass is 366 g/mol. The van der Waals surface area contributed by atoms with Gasteiger partial charge in [-0.25, -0.2) is 8.42 Å². The minimum absolute atomic E-state index is 0.288. The number of hydrogen-bond donors (Lipinski definition) is 1. The van der Waals surface area contributed by atoms with E-state index in [4.69, 9.17) is 0 Å². The Balaban J connectivity index is 2.39. The van der Waals surface area contributed by atoms with Crippen molar-refractivity contribution in [1.82, 2.24) is 9.62 Å². The lowest BCUT2D eigenvalue weighted by atomic mass is 10.0. The van der Waals surface area contributed by atoms with E-state index in [0.717, 1.165) is 17.7 Å². The maximum atomic E-state index is 12.8. The molecular formula is C12H19BrN2O2S2. The number of hydrogen-bond acceptors (Lipinski definition) is 4. The lowest BCUT2D eigenvalue weighted by Gasteiger charge is -2.30. The summed E-state index contributed by atoms with van der Waals surface area (Å²) in [7, 11) is -1.55. The number of nitrogens with one attached hydrogen (secondary N) is 1. The molecule has 0 atom stereocenters. The molecule has 1 N–H and O–H groups in total. The van der Waals surface area contributed by atoms with Crippen LogP contribution in [0.2, 0.25) is 0 Å². The van der Waals surface area contributed by atoms with E-state index in [1.807, 2.05) is 20.9 Å². The maximum absolute atomic E-state index is 12.8. The molecule has 1 fully saturated rings. The van der Waals surface area contributed by atoms with Gasteiger partial charge in [-0.3, -0.25) is 0 Å². The number of thiophene rings is 1. The summed E-state index contributed by atoms with van der Waals surface area (Å²) < 4.78 is 27.9. The van der Waals surface area contributed by atoms with Crippen molar-refractivity contribution in [2.24, 2.45) is 0 Å². The molecule has 0 unspecified atom stereocenters. The SMILES string of the molecule is CNCc1cc(S(=O)(=O)N2CCCC2(C)C)c(Br)s1. The molecule has 0 spiro atoms. The summed E-state index contributed by atoms with van der Waals surface area (Å²) in [6.07, 6.45) is 1.84. The Bertz CT molecular complexity index is 566. The second kappa shape index (κ2) is 5.44. The molecule has 1 saturated heterocycles. The maximum Gasteiger partial charge on any atom is 0.245 e. The fourth-order valence-electron chi connectivity index (χ4n) is 2.48. The normalized spacial score (nSPS) is 20.0. The number of rotatable bonds is 4. The van der Waals surface area contributed by atoms with Crippen molar-refractivity contribution in [1.29, 1.82) is 0 Å². The molecule has 0 aromatic carbocycles. The molecule has 1 aliphatic rings. The van der Waals surface area contributed by atoms with Crippen LogP contribution in [0.4, 0.5) is 0 Å². The Hall–Kier alpha value is 0.0500. The molecule has 2 rings (SSSR count). The summed E-state index contributed by atoms with van der Waals surface area (Å²) in [5.41, 5.74) is -0.288. The molecule has 19 heavy (non-hydrogen) atoms. The molecule has 1 aromatic heterocycles. The Kier molecular flexibility index (Phi) is 4.42. The van der Waals surface area contributed by atoms with Crippen LogP contribution in [0.15, 0.2) is 14.7 Å². The zero-order chi connectivity index (χ0) is 14.3. The zero-order valence-electron chi connectivity index (χ0n) is 11.4. The van der Waals surface area contributed by atoms with Gasteiger partial charge < -0.3 is 5.32 Å². The van der Waals surface area contributed by atoms with Crippen LogP contribution in [0.3, 0.4) is 0 Å². The summed E-state index contributed by atoms with van der Waals surface area (Å²) in [6, 6.07) is 1.77. The average Bonchev–Trinajstić information content (AvgIpc) is 2.82. The highest BCUT2D eigenvalue weighted by molar-refractivity contribution is 9.11. The highest BCUT2D eigenvalue weighted by Crippen LogP contribution is 2.39. The van der Waals surface area contributed by atoms with Gasteiger partial charge in [0.15, 0.2) is 0 Å². The molecule has 0 aliphatic carbocycles. The van der Waals surface area contributed by atoms with Crippen molar-refractivity contribution >= 4 is 37.3 Å². The van der Waals surface area contributed by atoms with Gasteiger partial charge >= 0.3 is 0 Å². The van der Waals surface area contributed by atoms with E-state index >= 15 is 0 Å². The predicted octanol–water partition coefficient (Wildman–Crippen LogP) is 2.79. The van der Waals surface area contributed by atoms with E-state index in [1.165, 1.54) is 11.3 Å². The Morgan fingerprint density at radius 3 is 2.74 bits per heavy atom. The summed E-state index contributed by atoms with van der Waals surface area (Å²) in [4.78, 5) is 1.42. The van der Waals surface area contributed by atoms with Crippen molar-refractivity contribution in [2.45, 2.75) is 43.7 Å². The van der Waals surface area contributed by atoms with Crippen LogP contribution in [0.25, 0.3) is 0 Å². The zero-order valence-corrected chi connectivity index (χ0v) is 14.6. The molecule has 1 aromatic rings. The second-order valence-electron chi connectivity index (χ2n) is 5.37. The first-order chi connectivity index (χ1) is 8.79. The second-order valence-corrected chi connectivity index (χ2v) is 9.66. The third kappa shape index (κ3) is 2.90. The van der Waals surface area contributed by atoms with Gasteiger partial charge in [-0.15, -0.1) is 11.3 Å². The fourth-order valence-corrected chi connectivity index (χ4v) is 6.98. The van der Waals surface area contributed by atoms with Gasteiger partial charge in [-0.1, -0.05) is 0 Å². The van der Waals surface area contributed by atoms with Gasteiger partial charge in [-0.05, 0) is 55.7 Å². The van der Waals surface area contributed by atoms with Crippen molar-refractivity contribution in [3.05, 3.63) is 14.7 Å². The van der Waals surface area contributed by atoms with Crippen LogP contribution >= 0.6 is 27.3 Å². The van der Waals surface area contributed by atoms with Gasteiger partial charge in [0, 0.05) is 23.5 Å². The molecule has 0 bridgehead atoms. The molecule has 0 saturated carbocycles. The van der Waals surface area contributed by atoms with E-state index in [0.29, 0.717) is 21.8 Å². The van der Waals surface area contributed by atoms with Crippen molar-refractivity contribution < 1.29 is 8.42 Å². The molecule has 4 nitrogen and oxygen atoms in total. The van der Waals surface area contributed by atoms with Gasteiger partial charge in [0.2, 0.25) is 10.0 Å². The summed E-state index contributed by atoms with van der Waals surface area (Å²) in [5, 5.41) is 3.04. The lowest BCUT2D eigenvalue weighted by Crippen LogP contribution is -2.42. The van der Waals surface area contributed by atoms with E-state index in [9.17, 15) is 8.42 Å². The highest BCUT2D eigenvalue weighted by atomic mass is 79.9. The van der Waals surface area contributed by atoms with Gasteiger partial charge in [0.05, 0.1) is 3.79 Å². The number of halogens is 1. The predicted molar refractivity (Wildman–Crippen MR) is 82.0 cm³/mol. The quantitative estimate of drug-likeness (QED) is 0.890. The first-order valence-corrected chi connectivity index (χ1v) is 9.29. The van der Waals surface area contributed by atoms with E-state index < -0.39 is 10.0 Å². The molecular weight excluding hydrogens is 348 g/mol. The summed E-state index contributed by atoms with van der Waals surface area (Å²) >= 11 is 4.87. The third-order valence-electron chi connectivity index (χ3n) is 3.45. The van der Waals surface area contributed by atoms with Crippen LogP contribution in [0, 0.1) is 0 Å². The molecule has 108 valence electrons. The minimum atomic E-state index is -3.41. The van der Waals surface area contributed by atoms with Crippen LogP contribution in [0.5, 0.6) is 0 Å². The average molecular weight is 367 g/mol. The Morgan fingerprint density at radius 2 is 2.21 bits per heavy atom. The molecule has 7 heteroatoms. The third-order valence-corrected chi connectivity index (χ3v) is 7.81. The molecule has 2 heterocycles. The first kappa shape index (κ1) is 15.4. The van der Waals surface area contributed by atoms with Gasteiger partial charge in [-0.2, -0.15) is 4.31 Å². The summed E-state index contributed by atoms with van der Waals surface area (Å²) in [5.74, 6) is 0. The lowest BCUT2D eigenvalue weighted by molar-refractivity contribution is 0.291. The van der Waals surface area contributed by atoms with E-state index in [1.54, 1.807) is 10.4 Å². The van der Waals surface area contributed by atoms with E-state index in [2.05, 4.69) is 21.2 Å². The van der Waals surface area contributed by atoms with Crippen molar-refractivity contribution in [3.63, 3.8) is 0 Å². The van der Waals surface area contributed by atoms with Gasteiger partial charge in [0.25, 0.3) is 0 Å². The molecule has 1 aliphatic heterocycles. The largest absolute Gasteiger partial charge is 0.315 e. The Labute approximate surface area is 127 Å². The molecule has 0 radical (unpaired) electrons. The summed E-state index contributed by atoms with van der Waals surface area (Å²) in [6.45, 7) is 5.28. The fraction of sp³-hybridized carbons (Fsp3) is 0.667. The standard InChI is InChI=1S/C12H19BrN2O2S2/c1-12(2)5-4-6-15(12)19(16,17)10-7-9(8-14-3)18-11(10)13/h7,14H,4-6,8H2,1-3H3. The first-order valence-electron chi connectivity index (χ1n) is 6.25. The Morgan fingerprint density at radius 1 is 1.53 bits per heavy atom. The number of nitrogens with zero attached hydrogens (tertiary/aromatic N) is 1. The van der Waals surface area contributed by atoms with E-state index in [-0.39, 0.29) is 5.54 Å². The number of sulfonamides is 1. The van der Waals surface area contributed by atoms with Gasteiger partial charge in [0.1, 0.15) is 4.90 Å². The topological polar surface area (TPSA) is 49.4 Å². The van der Waals surface area contributed by atoms with Crippen molar-refractivity contribution in [2.75, 3.05) is 13.6 Å². The smallest absolute Gasteiger partial charge is 0.245 e. The van der Waals surface area contributed by atoms with Crippen LogP contribution in [-0.2, 0) is 16.6 Å². The van der Waals surface area contributed by atoms with Crippen LogP contribution in [-0.4, -0.2) is 31.9 Å². The van der Waals surface area contributed by atoms with Crippen LogP contribution in [0.1, 0.15) is 31.6 Å². The van der Waals surface area contributed by atoms with Crippen LogP contribution < -0.4 is 5.32 Å². The minimum Gasteiger partial charge on any atom is -0.315 e. The molecule has 0 amide bonds.